The Bertz CT molecular complexity index is 819. The van der Waals surface area contributed by atoms with Gasteiger partial charge in [-0.2, -0.15) is 5.26 Å². The van der Waals surface area contributed by atoms with Crippen LogP contribution in [0.1, 0.15) is 44.2 Å². The number of amides is 1. The van der Waals surface area contributed by atoms with Gasteiger partial charge in [0, 0.05) is 36.4 Å². The predicted octanol–water partition coefficient (Wildman–Crippen LogP) is 3.83. The van der Waals surface area contributed by atoms with Crippen LogP contribution in [-0.2, 0) is 9.53 Å². The zero-order valence-corrected chi connectivity index (χ0v) is 17.1. The highest BCUT2D eigenvalue weighted by atomic mass is 35.5. The molecule has 1 atom stereocenters. The summed E-state index contributed by atoms with van der Waals surface area (Å²) in [6, 6.07) is 6.03. The first-order valence-corrected chi connectivity index (χ1v) is 9.68. The lowest BCUT2D eigenvalue weighted by Crippen LogP contribution is -2.45. The van der Waals surface area contributed by atoms with Gasteiger partial charge in [-0.1, -0.05) is 18.5 Å². The molecule has 6 heteroatoms. The standard InChI is InChI=1S/C21H26ClN3O2/c1-14-12-21(2,3)24(4)19-11-18(22)15(10-17(14)19)9-16(13-23)20(26)25-5-7-27-8-6-25/h9-11,14H,5-8,12H2,1-4H3/b16-9+. The van der Waals surface area contributed by atoms with Gasteiger partial charge in [-0.3, -0.25) is 4.79 Å². The molecule has 1 amide bonds. The first-order chi connectivity index (χ1) is 12.7. The Labute approximate surface area is 166 Å². The number of anilines is 1. The van der Waals surface area contributed by atoms with Crippen LogP contribution in [0.4, 0.5) is 5.69 Å². The normalized spacial score (nSPS) is 22.2. The molecule has 1 saturated heterocycles. The molecule has 5 nitrogen and oxygen atoms in total. The van der Waals surface area contributed by atoms with E-state index in [4.69, 9.17) is 16.3 Å². The summed E-state index contributed by atoms with van der Waals surface area (Å²) < 4.78 is 5.28. The van der Waals surface area contributed by atoms with Crippen molar-refractivity contribution in [2.75, 3.05) is 38.3 Å². The number of hydrogen-bond acceptors (Lipinski definition) is 4. The maximum Gasteiger partial charge on any atom is 0.264 e. The topological polar surface area (TPSA) is 56.6 Å². The van der Waals surface area contributed by atoms with Crippen molar-refractivity contribution >= 4 is 29.3 Å². The van der Waals surface area contributed by atoms with Gasteiger partial charge in [-0.05, 0) is 55.5 Å². The van der Waals surface area contributed by atoms with E-state index in [0.717, 1.165) is 12.1 Å². The molecule has 0 aromatic heterocycles. The Balaban J connectivity index is 1.97. The number of ether oxygens (including phenoxy) is 1. The van der Waals surface area contributed by atoms with Gasteiger partial charge in [-0.15, -0.1) is 0 Å². The maximum absolute atomic E-state index is 12.7. The van der Waals surface area contributed by atoms with E-state index in [2.05, 4.69) is 32.7 Å². The minimum absolute atomic E-state index is 0.0528. The average molecular weight is 388 g/mol. The molecule has 1 aromatic carbocycles. The number of carbonyl (C=O) groups excluding carboxylic acids is 1. The molecule has 0 radical (unpaired) electrons. The van der Waals surface area contributed by atoms with E-state index in [1.54, 1.807) is 11.0 Å². The first-order valence-electron chi connectivity index (χ1n) is 9.30. The van der Waals surface area contributed by atoms with Gasteiger partial charge in [-0.25, -0.2) is 0 Å². The smallest absolute Gasteiger partial charge is 0.264 e. The van der Waals surface area contributed by atoms with Crippen molar-refractivity contribution in [1.82, 2.24) is 4.90 Å². The third kappa shape index (κ3) is 3.83. The summed E-state index contributed by atoms with van der Waals surface area (Å²) in [5.41, 5.74) is 3.18. The second-order valence-electron chi connectivity index (χ2n) is 7.98. The molecule has 0 aliphatic carbocycles. The summed E-state index contributed by atoms with van der Waals surface area (Å²) in [6.45, 7) is 8.68. The van der Waals surface area contributed by atoms with Gasteiger partial charge >= 0.3 is 0 Å². The predicted molar refractivity (Wildman–Crippen MR) is 108 cm³/mol. The van der Waals surface area contributed by atoms with E-state index < -0.39 is 0 Å². The van der Waals surface area contributed by atoms with E-state index in [1.165, 1.54) is 5.56 Å². The Morgan fingerprint density at radius 1 is 1.37 bits per heavy atom. The van der Waals surface area contributed by atoms with Crippen molar-refractivity contribution in [2.24, 2.45) is 0 Å². The Morgan fingerprint density at radius 2 is 2.04 bits per heavy atom. The fourth-order valence-electron chi connectivity index (χ4n) is 3.95. The van der Waals surface area contributed by atoms with Crippen LogP contribution in [0.2, 0.25) is 5.02 Å². The van der Waals surface area contributed by atoms with E-state index in [9.17, 15) is 10.1 Å². The fraction of sp³-hybridized carbons (Fsp3) is 0.524. The van der Waals surface area contributed by atoms with Crippen LogP contribution >= 0.6 is 11.6 Å². The molecule has 1 fully saturated rings. The molecule has 0 bridgehead atoms. The molecule has 0 spiro atoms. The SMILES string of the molecule is CC1CC(C)(C)N(C)c2cc(Cl)c(/C=C(\C#N)C(=O)N3CCOCC3)cc21. The number of hydrogen-bond donors (Lipinski definition) is 0. The third-order valence-electron chi connectivity index (χ3n) is 5.70. The molecule has 0 N–H and O–H groups in total. The summed E-state index contributed by atoms with van der Waals surface area (Å²) in [7, 11) is 2.08. The average Bonchev–Trinajstić information content (AvgIpc) is 2.65. The van der Waals surface area contributed by atoms with Crippen LogP contribution in [0.25, 0.3) is 6.08 Å². The van der Waals surface area contributed by atoms with Gasteiger partial charge in [0.25, 0.3) is 5.91 Å². The summed E-state index contributed by atoms with van der Waals surface area (Å²) in [4.78, 5) is 16.6. The Morgan fingerprint density at radius 3 is 2.67 bits per heavy atom. The quantitative estimate of drug-likeness (QED) is 0.571. The second kappa shape index (κ2) is 7.53. The van der Waals surface area contributed by atoms with Crippen molar-refractivity contribution in [1.29, 1.82) is 5.26 Å². The van der Waals surface area contributed by atoms with Crippen molar-refractivity contribution in [3.63, 3.8) is 0 Å². The van der Waals surface area contributed by atoms with Crippen molar-refractivity contribution in [3.8, 4) is 6.07 Å². The van der Waals surface area contributed by atoms with Crippen molar-refractivity contribution in [3.05, 3.63) is 33.9 Å². The van der Waals surface area contributed by atoms with Crippen LogP contribution in [0, 0.1) is 11.3 Å². The lowest BCUT2D eigenvalue weighted by atomic mass is 9.80. The van der Waals surface area contributed by atoms with Gasteiger partial charge in [0.05, 0.1) is 13.2 Å². The molecule has 144 valence electrons. The number of benzene rings is 1. The monoisotopic (exact) mass is 387 g/mol. The van der Waals surface area contributed by atoms with Crippen LogP contribution in [0.3, 0.4) is 0 Å². The lowest BCUT2D eigenvalue weighted by Gasteiger charge is -2.45. The van der Waals surface area contributed by atoms with Crippen LogP contribution in [0.5, 0.6) is 0 Å². The zero-order chi connectivity index (χ0) is 19.8. The highest BCUT2D eigenvalue weighted by molar-refractivity contribution is 6.32. The number of nitriles is 1. The van der Waals surface area contributed by atoms with Gasteiger partial charge in [0.15, 0.2) is 0 Å². The molecular formula is C21H26ClN3O2. The third-order valence-corrected chi connectivity index (χ3v) is 6.03. The number of rotatable bonds is 2. The minimum atomic E-state index is -0.263. The van der Waals surface area contributed by atoms with E-state index in [-0.39, 0.29) is 17.0 Å². The van der Waals surface area contributed by atoms with E-state index in [1.807, 2.05) is 18.2 Å². The summed E-state index contributed by atoms with van der Waals surface area (Å²) in [5, 5.41) is 10.1. The summed E-state index contributed by atoms with van der Waals surface area (Å²) in [6.07, 6.45) is 2.64. The van der Waals surface area contributed by atoms with Crippen LogP contribution < -0.4 is 4.90 Å². The van der Waals surface area contributed by atoms with E-state index >= 15 is 0 Å². The highest BCUT2D eigenvalue weighted by Gasteiger charge is 2.34. The molecular weight excluding hydrogens is 362 g/mol. The van der Waals surface area contributed by atoms with Gasteiger partial charge in [0.1, 0.15) is 11.6 Å². The second-order valence-corrected chi connectivity index (χ2v) is 8.39. The number of morpholine rings is 1. The van der Waals surface area contributed by atoms with E-state index in [0.29, 0.717) is 42.8 Å². The van der Waals surface area contributed by atoms with Crippen molar-refractivity contribution < 1.29 is 9.53 Å². The molecule has 1 unspecified atom stereocenters. The fourth-order valence-corrected chi connectivity index (χ4v) is 4.16. The number of nitrogens with zero attached hydrogens (tertiary/aromatic N) is 3. The summed E-state index contributed by atoms with van der Waals surface area (Å²) >= 11 is 6.53. The lowest BCUT2D eigenvalue weighted by molar-refractivity contribution is -0.130. The maximum atomic E-state index is 12.7. The van der Waals surface area contributed by atoms with Crippen LogP contribution in [-0.4, -0.2) is 49.7 Å². The molecule has 2 aliphatic heterocycles. The molecule has 2 heterocycles. The minimum Gasteiger partial charge on any atom is -0.378 e. The van der Waals surface area contributed by atoms with Gasteiger partial charge < -0.3 is 14.5 Å². The van der Waals surface area contributed by atoms with Crippen LogP contribution in [0.15, 0.2) is 17.7 Å². The number of halogens is 1. The first kappa shape index (κ1) is 19.7. The highest BCUT2D eigenvalue weighted by Crippen LogP contribution is 2.44. The molecule has 27 heavy (non-hydrogen) atoms. The summed E-state index contributed by atoms with van der Waals surface area (Å²) in [5.74, 6) is 0.108. The van der Waals surface area contributed by atoms with Gasteiger partial charge in [0.2, 0.25) is 0 Å². The molecule has 0 saturated carbocycles. The Kier molecular flexibility index (Phi) is 5.50. The number of carbonyl (C=O) groups is 1. The molecule has 3 rings (SSSR count). The molecule has 2 aliphatic rings. The largest absolute Gasteiger partial charge is 0.378 e. The number of fused-ring (bicyclic) bond motifs is 1. The van der Waals surface area contributed by atoms with Crippen molar-refractivity contribution in [2.45, 2.75) is 38.6 Å². The zero-order valence-electron chi connectivity index (χ0n) is 16.4. The Hall–Kier alpha value is -2.03. The molecule has 1 aromatic rings.